The van der Waals surface area contributed by atoms with Gasteiger partial charge in [-0.1, -0.05) is 43.3 Å². The predicted molar refractivity (Wildman–Crippen MR) is 132 cm³/mol. The highest BCUT2D eigenvalue weighted by Gasteiger charge is 2.23. The van der Waals surface area contributed by atoms with Crippen LogP contribution in [-0.2, 0) is 6.42 Å². The molecule has 8 nitrogen and oxygen atoms in total. The number of hydrogen-bond acceptors (Lipinski definition) is 5. The molecule has 5 aromatic rings. The second-order valence-electron chi connectivity index (χ2n) is 8.15. The Labute approximate surface area is 195 Å². The van der Waals surface area contributed by atoms with E-state index in [1.165, 1.54) is 10.8 Å². The normalized spacial score (nSPS) is 12.2. The number of para-hydroxylation sites is 1. The number of hydrogen-bond donors (Lipinski definition) is 2. The predicted octanol–water partition coefficient (Wildman–Crippen LogP) is 3.67. The van der Waals surface area contributed by atoms with Crippen molar-refractivity contribution >= 4 is 28.0 Å². The van der Waals surface area contributed by atoms with Crippen molar-refractivity contribution in [3.8, 4) is 5.69 Å². The second-order valence-corrected chi connectivity index (χ2v) is 8.15. The number of carbonyl (C=O) groups is 1. The van der Waals surface area contributed by atoms with Crippen LogP contribution >= 0.6 is 0 Å². The zero-order valence-electron chi connectivity index (χ0n) is 18.9. The molecule has 34 heavy (non-hydrogen) atoms. The molecule has 3 N–H and O–H groups in total. The van der Waals surface area contributed by atoms with Crippen LogP contribution in [0.15, 0.2) is 78.0 Å². The Morgan fingerprint density at radius 1 is 1.12 bits per heavy atom. The minimum Gasteiger partial charge on any atom is -0.382 e. The lowest BCUT2D eigenvalue weighted by Crippen LogP contribution is -2.32. The molecule has 8 heteroatoms. The Morgan fingerprint density at radius 3 is 2.68 bits per heavy atom. The van der Waals surface area contributed by atoms with Crippen molar-refractivity contribution < 1.29 is 4.79 Å². The van der Waals surface area contributed by atoms with Crippen molar-refractivity contribution in [2.24, 2.45) is 0 Å². The van der Waals surface area contributed by atoms with E-state index in [0.717, 1.165) is 23.1 Å². The van der Waals surface area contributed by atoms with Gasteiger partial charge in [-0.3, -0.25) is 14.2 Å². The summed E-state index contributed by atoms with van der Waals surface area (Å²) in [5.74, 6) is -0.259. The fourth-order valence-corrected chi connectivity index (χ4v) is 4.41. The first-order valence-electron chi connectivity index (χ1n) is 11.1. The summed E-state index contributed by atoms with van der Waals surface area (Å²) in [6, 6.07) is 18.5. The van der Waals surface area contributed by atoms with Gasteiger partial charge in [0.1, 0.15) is 11.9 Å². The first kappa shape index (κ1) is 21.4. The van der Waals surface area contributed by atoms with E-state index in [1.807, 2.05) is 68.4 Å². The summed E-state index contributed by atoms with van der Waals surface area (Å²) in [4.78, 5) is 31.1. The highest BCUT2D eigenvalue weighted by Crippen LogP contribution is 2.25. The number of nitrogens with one attached hydrogen (secondary N) is 1. The third kappa shape index (κ3) is 3.49. The molecule has 170 valence electrons. The van der Waals surface area contributed by atoms with Crippen LogP contribution in [0.1, 0.15) is 41.5 Å². The Morgan fingerprint density at radius 2 is 1.91 bits per heavy atom. The van der Waals surface area contributed by atoms with Crippen molar-refractivity contribution in [3.63, 3.8) is 0 Å². The molecule has 0 spiro atoms. The number of anilines is 1. The number of amides is 1. The number of fused-ring (bicyclic) bond motifs is 2. The molecule has 2 aromatic carbocycles. The maximum atomic E-state index is 13.8. The lowest BCUT2D eigenvalue weighted by molar-refractivity contribution is 0.0941. The van der Waals surface area contributed by atoms with Gasteiger partial charge in [0.05, 0.1) is 16.9 Å². The molecular formula is C26H24N6O2. The fraction of sp³-hybridized carbons (Fsp3) is 0.154. The van der Waals surface area contributed by atoms with Gasteiger partial charge in [-0.15, -0.1) is 5.10 Å². The Kier molecular flexibility index (Phi) is 5.33. The number of pyridine rings is 1. The van der Waals surface area contributed by atoms with E-state index in [2.05, 4.69) is 15.4 Å². The second kappa shape index (κ2) is 8.47. The molecule has 1 atom stereocenters. The number of nitrogen functional groups attached to an aromatic ring is 1. The highest BCUT2D eigenvalue weighted by molar-refractivity contribution is 6.05. The van der Waals surface area contributed by atoms with E-state index in [9.17, 15) is 9.59 Å². The van der Waals surface area contributed by atoms with E-state index in [-0.39, 0.29) is 22.8 Å². The molecule has 0 saturated heterocycles. The van der Waals surface area contributed by atoms with Gasteiger partial charge >= 0.3 is 0 Å². The van der Waals surface area contributed by atoms with Crippen molar-refractivity contribution in [2.45, 2.75) is 26.3 Å². The van der Waals surface area contributed by atoms with Crippen LogP contribution in [0.3, 0.4) is 0 Å². The van der Waals surface area contributed by atoms with Crippen LogP contribution in [0.5, 0.6) is 0 Å². The van der Waals surface area contributed by atoms with E-state index < -0.39 is 6.04 Å². The van der Waals surface area contributed by atoms with E-state index in [0.29, 0.717) is 16.6 Å². The molecule has 3 heterocycles. The molecule has 3 aromatic heterocycles. The minimum atomic E-state index is -0.494. The summed E-state index contributed by atoms with van der Waals surface area (Å²) in [6.07, 6.45) is 3.82. The maximum absolute atomic E-state index is 13.8. The van der Waals surface area contributed by atoms with Gasteiger partial charge in [0, 0.05) is 17.6 Å². The van der Waals surface area contributed by atoms with E-state index >= 15 is 0 Å². The molecule has 0 saturated carbocycles. The molecule has 0 unspecified atom stereocenters. The van der Waals surface area contributed by atoms with Gasteiger partial charge in [-0.05, 0) is 48.6 Å². The van der Waals surface area contributed by atoms with Gasteiger partial charge in [0.15, 0.2) is 5.82 Å². The van der Waals surface area contributed by atoms with Gasteiger partial charge in [-0.2, -0.15) is 0 Å². The van der Waals surface area contributed by atoms with Crippen LogP contribution < -0.4 is 16.6 Å². The summed E-state index contributed by atoms with van der Waals surface area (Å²) in [5.41, 5.74) is 9.16. The van der Waals surface area contributed by atoms with Crippen molar-refractivity contribution in [1.29, 1.82) is 0 Å². The standard InChI is InChI=1S/C26H24N6O2/c1-3-17-8-7-9-18-14-21(32(26(34)22(17)18)19-10-5-4-6-11-19)16(2)29-25(33)23-20-12-13-28-15-31(20)30-24(23)27/h4-16H,3H2,1-2H3,(H2,27,30)(H,29,33)/t16-/m0/s1. The topological polar surface area (TPSA) is 107 Å². The molecule has 0 aliphatic rings. The Hall–Kier alpha value is -4.46. The largest absolute Gasteiger partial charge is 0.382 e. The van der Waals surface area contributed by atoms with Gasteiger partial charge < -0.3 is 11.1 Å². The Bertz CT molecular complexity index is 1590. The molecule has 5 rings (SSSR count). The number of nitrogens with zero attached hydrogens (tertiary/aromatic N) is 4. The van der Waals surface area contributed by atoms with E-state index in [4.69, 9.17) is 5.73 Å². The van der Waals surface area contributed by atoms with Crippen LogP contribution in [0, 0.1) is 0 Å². The smallest absolute Gasteiger partial charge is 0.263 e. The first-order valence-corrected chi connectivity index (χ1v) is 11.1. The van der Waals surface area contributed by atoms with Gasteiger partial charge in [-0.25, -0.2) is 9.50 Å². The van der Waals surface area contributed by atoms with E-state index in [1.54, 1.807) is 16.8 Å². The lowest BCUT2D eigenvalue weighted by atomic mass is 10.0. The van der Waals surface area contributed by atoms with Crippen LogP contribution in [0.4, 0.5) is 5.82 Å². The third-order valence-corrected chi connectivity index (χ3v) is 6.04. The zero-order valence-corrected chi connectivity index (χ0v) is 18.9. The Balaban J connectivity index is 1.64. The average Bonchev–Trinajstić information content (AvgIpc) is 3.19. The summed E-state index contributed by atoms with van der Waals surface area (Å²) >= 11 is 0. The lowest BCUT2D eigenvalue weighted by Gasteiger charge is -2.21. The third-order valence-electron chi connectivity index (χ3n) is 6.04. The SMILES string of the molecule is CCc1cccc2cc([C@H](C)NC(=O)c3c(N)nn4cnccc34)n(-c3ccccc3)c(=O)c12. The molecule has 0 fully saturated rings. The van der Waals surface area contributed by atoms with Crippen LogP contribution in [0.25, 0.3) is 22.0 Å². The molecular weight excluding hydrogens is 428 g/mol. The summed E-state index contributed by atoms with van der Waals surface area (Å²) in [5, 5.41) is 8.71. The van der Waals surface area contributed by atoms with Gasteiger partial charge in [0.2, 0.25) is 0 Å². The maximum Gasteiger partial charge on any atom is 0.263 e. The summed E-state index contributed by atoms with van der Waals surface area (Å²) in [6.45, 7) is 3.89. The average molecular weight is 453 g/mol. The molecule has 0 aliphatic carbocycles. The monoisotopic (exact) mass is 452 g/mol. The summed E-state index contributed by atoms with van der Waals surface area (Å²) < 4.78 is 3.15. The van der Waals surface area contributed by atoms with Crippen molar-refractivity contribution in [3.05, 3.63) is 100 Å². The number of aromatic nitrogens is 4. The highest BCUT2D eigenvalue weighted by atomic mass is 16.2. The number of nitrogens with two attached hydrogens (primary N) is 1. The number of benzene rings is 2. The van der Waals surface area contributed by atoms with Crippen LogP contribution in [-0.4, -0.2) is 25.1 Å². The fourth-order valence-electron chi connectivity index (χ4n) is 4.41. The van der Waals surface area contributed by atoms with Crippen molar-refractivity contribution in [2.75, 3.05) is 5.73 Å². The number of carbonyl (C=O) groups excluding carboxylic acids is 1. The molecule has 1 amide bonds. The van der Waals surface area contributed by atoms with Gasteiger partial charge in [0.25, 0.3) is 11.5 Å². The molecule has 0 aliphatic heterocycles. The summed E-state index contributed by atoms with van der Waals surface area (Å²) in [7, 11) is 0. The quantitative estimate of drug-likeness (QED) is 0.423. The zero-order chi connectivity index (χ0) is 23.8. The van der Waals surface area contributed by atoms with Crippen molar-refractivity contribution in [1.82, 2.24) is 24.5 Å². The first-order chi connectivity index (χ1) is 16.5. The number of rotatable bonds is 5. The molecule has 0 radical (unpaired) electrons. The van der Waals surface area contributed by atoms with Crippen LogP contribution in [0.2, 0.25) is 0 Å². The number of aryl methyl sites for hydroxylation is 1. The molecule has 0 bridgehead atoms. The minimum absolute atomic E-state index is 0.112.